The molecule has 5 heteroatoms. The van der Waals surface area contributed by atoms with Crippen LogP contribution < -0.4 is 4.74 Å². The summed E-state index contributed by atoms with van der Waals surface area (Å²) in [7, 11) is 4.10. The van der Waals surface area contributed by atoms with Crippen molar-refractivity contribution in [3.05, 3.63) is 18.0 Å². The van der Waals surface area contributed by atoms with Gasteiger partial charge in [-0.3, -0.25) is 0 Å². The van der Waals surface area contributed by atoms with Crippen LogP contribution in [0, 0.1) is 0 Å². The second-order valence-corrected chi connectivity index (χ2v) is 4.19. The molecule has 0 bridgehead atoms. The zero-order valence-electron chi connectivity index (χ0n) is 10.5. The Labute approximate surface area is 101 Å². The summed E-state index contributed by atoms with van der Waals surface area (Å²) in [5.74, 6) is 1.60. The number of nitrogens with one attached hydrogen (secondary N) is 1. The van der Waals surface area contributed by atoms with Gasteiger partial charge in [-0.2, -0.15) is 4.98 Å². The number of imidazole rings is 1. The summed E-state index contributed by atoms with van der Waals surface area (Å²) < 4.78 is 5.35. The van der Waals surface area contributed by atoms with Gasteiger partial charge in [0.05, 0.1) is 12.1 Å². The smallest absolute Gasteiger partial charge is 0.215 e. The zero-order chi connectivity index (χ0) is 12.3. The lowest BCUT2D eigenvalue weighted by Crippen LogP contribution is -2.15. The Balaban J connectivity index is 2.18. The fourth-order valence-corrected chi connectivity index (χ4v) is 1.60. The summed E-state index contributed by atoms with van der Waals surface area (Å²) in [4.78, 5) is 14.2. The average molecular weight is 234 g/mol. The van der Waals surface area contributed by atoms with Gasteiger partial charge in [0, 0.05) is 19.0 Å². The summed E-state index contributed by atoms with van der Waals surface area (Å²) in [6, 6.07) is 3.82. The SMILES string of the molecule is CCOc1ccc2[nH]c(CCN(C)C)nc2n1. The number of nitrogens with zero attached hydrogens (tertiary/aromatic N) is 3. The fourth-order valence-electron chi connectivity index (χ4n) is 1.60. The number of aromatic nitrogens is 3. The van der Waals surface area contributed by atoms with E-state index < -0.39 is 0 Å². The monoisotopic (exact) mass is 234 g/mol. The van der Waals surface area contributed by atoms with Crippen LogP contribution in [0.3, 0.4) is 0 Å². The molecular weight excluding hydrogens is 216 g/mol. The number of fused-ring (bicyclic) bond motifs is 1. The molecule has 0 aromatic carbocycles. The average Bonchev–Trinajstić information content (AvgIpc) is 2.69. The van der Waals surface area contributed by atoms with Gasteiger partial charge in [-0.1, -0.05) is 0 Å². The maximum atomic E-state index is 5.35. The first-order valence-corrected chi connectivity index (χ1v) is 5.82. The minimum Gasteiger partial charge on any atom is -0.478 e. The summed E-state index contributed by atoms with van der Waals surface area (Å²) in [6.45, 7) is 3.54. The first-order valence-electron chi connectivity index (χ1n) is 5.82. The molecular formula is C12H18N4O. The van der Waals surface area contributed by atoms with E-state index in [0.29, 0.717) is 12.5 Å². The predicted molar refractivity (Wildman–Crippen MR) is 67.3 cm³/mol. The maximum absolute atomic E-state index is 5.35. The lowest BCUT2D eigenvalue weighted by Gasteiger charge is -2.06. The minimum absolute atomic E-state index is 0.621. The van der Waals surface area contributed by atoms with E-state index in [9.17, 15) is 0 Å². The maximum Gasteiger partial charge on any atom is 0.215 e. The molecule has 17 heavy (non-hydrogen) atoms. The van der Waals surface area contributed by atoms with E-state index in [1.165, 1.54) is 0 Å². The fraction of sp³-hybridized carbons (Fsp3) is 0.500. The van der Waals surface area contributed by atoms with Gasteiger partial charge in [-0.25, -0.2) is 4.98 Å². The molecule has 0 spiro atoms. The number of pyridine rings is 1. The number of H-pyrrole nitrogens is 1. The highest BCUT2D eigenvalue weighted by molar-refractivity contribution is 5.71. The van der Waals surface area contributed by atoms with Crippen LogP contribution in [-0.2, 0) is 6.42 Å². The summed E-state index contributed by atoms with van der Waals surface area (Å²) in [5.41, 5.74) is 1.69. The molecule has 0 aliphatic heterocycles. The van der Waals surface area contributed by atoms with Gasteiger partial charge in [0.25, 0.3) is 0 Å². The number of rotatable bonds is 5. The Morgan fingerprint density at radius 2 is 2.12 bits per heavy atom. The van der Waals surface area contributed by atoms with Crippen molar-refractivity contribution in [3.63, 3.8) is 0 Å². The molecule has 0 aliphatic rings. The lowest BCUT2D eigenvalue weighted by atomic mass is 10.4. The molecule has 5 nitrogen and oxygen atoms in total. The molecule has 2 aromatic rings. The molecule has 0 aliphatic carbocycles. The first kappa shape index (κ1) is 11.9. The van der Waals surface area contributed by atoms with E-state index >= 15 is 0 Å². The quantitative estimate of drug-likeness (QED) is 0.851. The summed E-state index contributed by atoms with van der Waals surface area (Å²) in [5, 5.41) is 0. The molecule has 0 atom stereocenters. The van der Waals surface area contributed by atoms with E-state index in [-0.39, 0.29) is 0 Å². The van der Waals surface area contributed by atoms with Gasteiger partial charge in [0.1, 0.15) is 5.82 Å². The summed E-state index contributed by atoms with van der Waals surface area (Å²) >= 11 is 0. The molecule has 0 saturated heterocycles. The van der Waals surface area contributed by atoms with Crippen molar-refractivity contribution in [1.29, 1.82) is 0 Å². The second kappa shape index (κ2) is 5.14. The number of ether oxygens (including phenoxy) is 1. The van der Waals surface area contributed by atoms with Crippen molar-refractivity contribution < 1.29 is 4.74 Å². The van der Waals surface area contributed by atoms with E-state index in [1.807, 2.05) is 33.2 Å². The molecule has 2 rings (SSSR count). The molecule has 0 amide bonds. The van der Waals surface area contributed by atoms with Gasteiger partial charge in [0.15, 0.2) is 5.65 Å². The van der Waals surface area contributed by atoms with Crippen LogP contribution in [0.25, 0.3) is 11.2 Å². The van der Waals surface area contributed by atoms with Crippen molar-refractivity contribution in [3.8, 4) is 5.88 Å². The third kappa shape index (κ3) is 2.94. The molecule has 0 saturated carbocycles. The first-order chi connectivity index (χ1) is 8.19. The Morgan fingerprint density at radius 3 is 2.82 bits per heavy atom. The van der Waals surface area contributed by atoms with Crippen molar-refractivity contribution in [2.24, 2.45) is 0 Å². The van der Waals surface area contributed by atoms with Crippen LogP contribution in [0.4, 0.5) is 0 Å². The number of hydrogen-bond acceptors (Lipinski definition) is 4. The zero-order valence-corrected chi connectivity index (χ0v) is 10.5. The van der Waals surface area contributed by atoms with E-state index in [2.05, 4.69) is 19.9 Å². The number of aromatic amines is 1. The van der Waals surface area contributed by atoms with Crippen molar-refractivity contribution in [2.75, 3.05) is 27.2 Å². The highest BCUT2D eigenvalue weighted by Crippen LogP contribution is 2.14. The molecule has 0 unspecified atom stereocenters. The lowest BCUT2D eigenvalue weighted by molar-refractivity contribution is 0.328. The topological polar surface area (TPSA) is 54.0 Å². The summed E-state index contributed by atoms with van der Waals surface area (Å²) in [6.07, 6.45) is 0.896. The molecule has 2 heterocycles. The van der Waals surface area contributed by atoms with E-state index in [4.69, 9.17) is 4.74 Å². The Kier molecular flexibility index (Phi) is 3.58. The van der Waals surface area contributed by atoms with Crippen LogP contribution in [0.1, 0.15) is 12.7 Å². The highest BCUT2D eigenvalue weighted by Gasteiger charge is 2.05. The number of likely N-dealkylation sites (N-methyl/N-ethyl adjacent to an activating group) is 1. The molecule has 0 fully saturated rings. The van der Waals surface area contributed by atoms with Crippen LogP contribution in [-0.4, -0.2) is 47.1 Å². The molecule has 1 N–H and O–H groups in total. The third-order valence-corrected chi connectivity index (χ3v) is 2.46. The van der Waals surface area contributed by atoms with Crippen LogP contribution in [0.5, 0.6) is 5.88 Å². The third-order valence-electron chi connectivity index (χ3n) is 2.46. The van der Waals surface area contributed by atoms with Crippen molar-refractivity contribution in [1.82, 2.24) is 19.9 Å². The minimum atomic E-state index is 0.621. The second-order valence-electron chi connectivity index (χ2n) is 4.19. The molecule has 0 radical (unpaired) electrons. The van der Waals surface area contributed by atoms with Gasteiger partial charge in [-0.15, -0.1) is 0 Å². The predicted octanol–water partition coefficient (Wildman–Crippen LogP) is 1.46. The van der Waals surface area contributed by atoms with Crippen LogP contribution in [0.2, 0.25) is 0 Å². The Bertz CT molecular complexity index is 492. The van der Waals surface area contributed by atoms with Gasteiger partial charge < -0.3 is 14.6 Å². The van der Waals surface area contributed by atoms with Gasteiger partial charge in [0.2, 0.25) is 5.88 Å². The number of hydrogen-bond donors (Lipinski definition) is 1. The van der Waals surface area contributed by atoms with Gasteiger partial charge in [-0.05, 0) is 27.1 Å². The van der Waals surface area contributed by atoms with Crippen molar-refractivity contribution in [2.45, 2.75) is 13.3 Å². The van der Waals surface area contributed by atoms with Crippen molar-refractivity contribution >= 4 is 11.2 Å². The van der Waals surface area contributed by atoms with E-state index in [1.54, 1.807) is 0 Å². The van der Waals surface area contributed by atoms with E-state index in [0.717, 1.165) is 30.0 Å². The highest BCUT2D eigenvalue weighted by atomic mass is 16.5. The largest absolute Gasteiger partial charge is 0.478 e. The van der Waals surface area contributed by atoms with Gasteiger partial charge >= 0.3 is 0 Å². The van der Waals surface area contributed by atoms with Crippen LogP contribution in [0.15, 0.2) is 12.1 Å². The molecule has 2 aromatic heterocycles. The molecule has 92 valence electrons. The Hall–Kier alpha value is -1.62. The normalized spacial score (nSPS) is 11.3. The standard InChI is InChI=1S/C12H18N4O/c1-4-17-11-6-5-9-12(15-11)14-10(13-9)7-8-16(2)3/h5-6H,4,7-8H2,1-3H3,(H,13,14,15). The van der Waals surface area contributed by atoms with Crippen LogP contribution >= 0.6 is 0 Å². The Morgan fingerprint density at radius 1 is 1.29 bits per heavy atom.